The molecule has 1 aromatic rings. The molecule has 0 saturated carbocycles. The number of hydrogen-bond donors (Lipinski definition) is 1. The van der Waals surface area contributed by atoms with E-state index in [-0.39, 0.29) is 0 Å². The van der Waals surface area contributed by atoms with Crippen LogP contribution in [0.2, 0.25) is 0 Å². The Morgan fingerprint density at radius 1 is 1.59 bits per heavy atom. The van der Waals surface area contributed by atoms with Crippen LogP contribution in [0, 0.1) is 12.8 Å². The minimum absolute atomic E-state index is 0.403. The zero-order valence-corrected chi connectivity index (χ0v) is 11.1. The average molecular weight is 237 g/mol. The van der Waals surface area contributed by atoms with Crippen molar-refractivity contribution in [1.29, 1.82) is 0 Å². The number of ether oxygens (including phenoxy) is 1. The molecule has 0 spiro atoms. The number of rotatable bonds is 5. The highest BCUT2D eigenvalue weighted by atomic mass is 16.5. The third-order valence-corrected chi connectivity index (χ3v) is 3.53. The molecule has 0 aromatic carbocycles. The standard InChI is InChI=1S/C13H23N3O/c1-4-16-13(7-10(2)15-16)9-14-8-12-5-6-17-11(12)3/h7,11-12,14H,4-6,8-9H2,1-3H3. The van der Waals surface area contributed by atoms with Crippen LogP contribution in [-0.2, 0) is 17.8 Å². The normalized spacial score (nSPS) is 24.4. The maximum atomic E-state index is 5.56. The summed E-state index contributed by atoms with van der Waals surface area (Å²) in [6.07, 6.45) is 1.58. The molecule has 2 atom stereocenters. The van der Waals surface area contributed by atoms with Gasteiger partial charge in [-0.25, -0.2) is 0 Å². The largest absolute Gasteiger partial charge is 0.378 e. The molecule has 0 amide bonds. The Bertz CT molecular complexity index is 362. The van der Waals surface area contributed by atoms with Crippen LogP contribution < -0.4 is 5.32 Å². The van der Waals surface area contributed by atoms with E-state index in [1.807, 2.05) is 6.92 Å². The van der Waals surface area contributed by atoms with Crippen molar-refractivity contribution in [2.75, 3.05) is 13.2 Å². The van der Waals surface area contributed by atoms with E-state index in [4.69, 9.17) is 4.74 Å². The minimum atomic E-state index is 0.403. The average Bonchev–Trinajstić information content (AvgIpc) is 2.86. The molecule has 0 aliphatic carbocycles. The molecule has 1 aliphatic rings. The van der Waals surface area contributed by atoms with Crippen LogP contribution in [0.1, 0.15) is 31.7 Å². The Morgan fingerprint density at radius 3 is 3.06 bits per heavy atom. The first-order chi connectivity index (χ1) is 8.20. The van der Waals surface area contributed by atoms with Gasteiger partial charge in [-0.05, 0) is 39.2 Å². The van der Waals surface area contributed by atoms with E-state index in [1.165, 1.54) is 12.1 Å². The van der Waals surface area contributed by atoms with Gasteiger partial charge >= 0.3 is 0 Å². The number of aryl methyl sites for hydroxylation is 2. The molecule has 1 N–H and O–H groups in total. The van der Waals surface area contributed by atoms with Crippen molar-refractivity contribution < 1.29 is 4.74 Å². The van der Waals surface area contributed by atoms with Gasteiger partial charge in [0.05, 0.1) is 17.5 Å². The van der Waals surface area contributed by atoms with Crippen LogP contribution in [-0.4, -0.2) is 29.0 Å². The third kappa shape index (κ3) is 3.07. The first kappa shape index (κ1) is 12.6. The zero-order chi connectivity index (χ0) is 12.3. The highest BCUT2D eigenvalue weighted by molar-refractivity contribution is 5.08. The third-order valence-electron chi connectivity index (χ3n) is 3.53. The molecule has 2 heterocycles. The maximum absolute atomic E-state index is 5.56. The zero-order valence-electron chi connectivity index (χ0n) is 11.1. The molecule has 2 unspecified atom stereocenters. The molecule has 17 heavy (non-hydrogen) atoms. The van der Waals surface area contributed by atoms with E-state index in [1.54, 1.807) is 0 Å². The first-order valence-electron chi connectivity index (χ1n) is 6.56. The summed E-state index contributed by atoms with van der Waals surface area (Å²) in [4.78, 5) is 0. The van der Waals surface area contributed by atoms with Crippen molar-refractivity contribution in [3.63, 3.8) is 0 Å². The molecule has 0 bridgehead atoms. The van der Waals surface area contributed by atoms with Gasteiger partial charge in [-0.3, -0.25) is 4.68 Å². The van der Waals surface area contributed by atoms with Crippen LogP contribution >= 0.6 is 0 Å². The van der Waals surface area contributed by atoms with E-state index in [0.29, 0.717) is 12.0 Å². The Morgan fingerprint density at radius 2 is 2.41 bits per heavy atom. The Kier molecular flexibility index (Phi) is 4.18. The van der Waals surface area contributed by atoms with Crippen LogP contribution in [0.4, 0.5) is 0 Å². The fourth-order valence-corrected chi connectivity index (χ4v) is 2.44. The SMILES string of the molecule is CCn1nc(C)cc1CNCC1CCOC1C. The molecule has 1 aliphatic heterocycles. The minimum Gasteiger partial charge on any atom is -0.378 e. The van der Waals surface area contributed by atoms with Crippen LogP contribution in [0.25, 0.3) is 0 Å². The van der Waals surface area contributed by atoms with Crippen molar-refractivity contribution in [1.82, 2.24) is 15.1 Å². The van der Waals surface area contributed by atoms with Gasteiger partial charge in [0, 0.05) is 26.2 Å². The molecule has 4 heteroatoms. The topological polar surface area (TPSA) is 39.1 Å². The Balaban J connectivity index is 1.81. The van der Waals surface area contributed by atoms with Gasteiger partial charge in [0.1, 0.15) is 0 Å². The summed E-state index contributed by atoms with van der Waals surface area (Å²) in [6, 6.07) is 2.16. The van der Waals surface area contributed by atoms with Gasteiger partial charge in [0.15, 0.2) is 0 Å². The van der Waals surface area contributed by atoms with Crippen LogP contribution in [0.3, 0.4) is 0 Å². The van der Waals surface area contributed by atoms with E-state index in [0.717, 1.165) is 31.9 Å². The molecule has 2 rings (SSSR count). The van der Waals surface area contributed by atoms with Crippen molar-refractivity contribution in [2.24, 2.45) is 5.92 Å². The Hall–Kier alpha value is -0.870. The van der Waals surface area contributed by atoms with Gasteiger partial charge in [-0.1, -0.05) is 0 Å². The molecule has 1 saturated heterocycles. The second-order valence-electron chi connectivity index (χ2n) is 4.85. The lowest BCUT2D eigenvalue weighted by atomic mass is 10.0. The van der Waals surface area contributed by atoms with Gasteiger partial charge in [-0.15, -0.1) is 0 Å². The van der Waals surface area contributed by atoms with Crippen LogP contribution in [0.15, 0.2) is 6.07 Å². The van der Waals surface area contributed by atoms with Gasteiger partial charge in [-0.2, -0.15) is 5.10 Å². The quantitative estimate of drug-likeness (QED) is 0.847. The lowest BCUT2D eigenvalue weighted by Crippen LogP contribution is -2.27. The van der Waals surface area contributed by atoms with Crippen molar-refractivity contribution in [3.8, 4) is 0 Å². The summed E-state index contributed by atoms with van der Waals surface area (Å²) in [5.41, 5.74) is 2.37. The summed E-state index contributed by atoms with van der Waals surface area (Å²) in [6.45, 7) is 10.1. The van der Waals surface area contributed by atoms with Crippen molar-refractivity contribution in [3.05, 3.63) is 17.5 Å². The molecule has 96 valence electrons. The molecule has 4 nitrogen and oxygen atoms in total. The molecular formula is C13H23N3O. The van der Waals surface area contributed by atoms with E-state index in [9.17, 15) is 0 Å². The number of aromatic nitrogens is 2. The molecule has 1 fully saturated rings. The lowest BCUT2D eigenvalue weighted by Gasteiger charge is -2.14. The van der Waals surface area contributed by atoms with E-state index < -0.39 is 0 Å². The second kappa shape index (κ2) is 5.65. The molecule has 1 aromatic heterocycles. The number of hydrogen-bond acceptors (Lipinski definition) is 3. The van der Waals surface area contributed by atoms with Gasteiger partial charge in [0.25, 0.3) is 0 Å². The summed E-state index contributed by atoms with van der Waals surface area (Å²) in [5.74, 6) is 0.661. The maximum Gasteiger partial charge on any atom is 0.0597 e. The molecule has 0 radical (unpaired) electrons. The monoisotopic (exact) mass is 237 g/mol. The van der Waals surface area contributed by atoms with Gasteiger partial charge in [0.2, 0.25) is 0 Å². The summed E-state index contributed by atoms with van der Waals surface area (Å²) in [5, 5.41) is 7.97. The lowest BCUT2D eigenvalue weighted by molar-refractivity contribution is 0.105. The summed E-state index contributed by atoms with van der Waals surface area (Å²) >= 11 is 0. The van der Waals surface area contributed by atoms with Crippen molar-refractivity contribution >= 4 is 0 Å². The first-order valence-corrected chi connectivity index (χ1v) is 6.56. The summed E-state index contributed by atoms with van der Waals surface area (Å²) < 4.78 is 7.63. The van der Waals surface area contributed by atoms with E-state index in [2.05, 4.69) is 35.0 Å². The predicted molar refractivity (Wildman–Crippen MR) is 67.9 cm³/mol. The van der Waals surface area contributed by atoms with Gasteiger partial charge < -0.3 is 10.1 Å². The highest BCUT2D eigenvalue weighted by Crippen LogP contribution is 2.19. The summed E-state index contributed by atoms with van der Waals surface area (Å²) in [7, 11) is 0. The fraction of sp³-hybridized carbons (Fsp3) is 0.769. The van der Waals surface area contributed by atoms with E-state index >= 15 is 0 Å². The predicted octanol–water partition coefficient (Wildman–Crippen LogP) is 1.73. The van der Waals surface area contributed by atoms with Crippen molar-refractivity contribution in [2.45, 2.75) is 46.4 Å². The smallest absolute Gasteiger partial charge is 0.0597 e. The number of nitrogens with zero attached hydrogens (tertiary/aromatic N) is 2. The second-order valence-corrected chi connectivity index (χ2v) is 4.85. The Labute approximate surface area is 103 Å². The van der Waals surface area contributed by atoms with Crippen LogP contribution in [0.5, 0.6) is 0 Å². The fourth-order valence-electron chi connectivity index (χ4n) is 2.44. The number of nitrogens with one attached hydrogen (secondary N) is 1. The highest BCUT2D eigenvalue weighted by Gasteiger charge is 2.23. The molecular weight excluding hydrogens is 214 g/mol.